The van der Waals surface area contributed by atoms with E-state index in [0.29, 0.717) is 6.54 Å². The second-order valence-corrected chi connectivity index (χ2v) is 4.80. The summed E-state index contributed by atoms with van der Waals surface area (Å²) in [5, 5.41) is 8.70. The van der Waals surface area contributed by atoms with Crippen LogP contribution in [0.3, 0.4) is 0 Å². The third-order valence-electron chi connectivity index (χ3n) is 3.12. The minimum absolute atomic E-state index is 0.0831. The number of hydrogen-bond donors (Lipinski definition) is 1. The largest absolute Gasteiger partial charge is 0.496 e. The lowest BCUT2D eigenvalue weighted by Gasteiger charge is -2.11. The number of nitrogens with zero attached hydrogens (tertiary/aromatic N) is 2. The first kappa shape index (κ1) is 14.1. The van der Waals surface area contributed by atoms with Crippen LogP contribution in [0.15, 0.2) is 24.7 Å². The number of methoxy groups -OCH3 is 1. The van der Waals surface area contributed by atoms with Gasteiger partial charge in [-0.05, 0) is 31.0 Å². The zero-order chi connectivity index (χ0) is 14.7. The number of aromatic nitrogens is 2. The second kappa shape index (κ2) is 5.77. The van der Waals surface area contributed by atoms with Crippen LogP contribution in [0.1, 0.15) is 17.5 Å². The molecular formula is C15H18N2O3. The number of aliphatic carboxylic acids is 1. The fourth-order valence-electron chi connectivity index (χ4n) is 2.26. The number of aryl methyl sites for hydroxylation is 3. The molecule has 0 bridgehead atoms. The summed E-state index contributed by atoms with van der Waals surface area (Å²) in [7, 11) is 1.64. The predicted octanol–water partition coefficient (Wildman–Crippen LogP) is 2.65. The standard InChI is InChI=1S/C15H18N2O3/c1-10-6-11(2)15(20-3)12(7-10)13-8-17(9-16-13)5-4-14(18)19/h6-9H,4-5H2,1-3H3,(H,18,19). The highest BCUT2D eigenvalue weighted by Gasteiger charge is 2.12. The van der Waals surface area contributed by atoms with Gasteiger partial charge < -0.3 is 14.4 Å². The molecule has 1 aromatic heterocycles. The molecule has 1 N–H and O–H groups in total. The van der Waals surface area contributed by atoms with E-state index >= 15 is 0 Å². The molecular weight excluding hydrogens is 256 g/mol. The summed E-state index contributed by atoms with van der Waals surface area (Å²) in [6.45, 7) is 4.43. The summed E-state index contributed by atoms with van der Waals surface area (Å²) in [4.78, 5) is 14.9. The number of ether oxygens (including phenoxy) is 1. The molecule has 5 nitrogen and oxygen atoms in total. The fraction of sp³-hybridized carbons (Fsp3) is 0.333. The van der Waals surface area contributed by atoms with Crippen molar-refractivity contribution in [3.05, 3.63) is 35.8 Å². The van der Waals surface area contributed by atoms with Crippen LogP contribution in [0.25, 0.3) is 11.3 Å². The average molecular weight is 274 g/mol. The van der Waals surface area contributed by atoms with Crippen molar-refractivity contribution in [3.8, 4) is 17.0 Å². The lowest BCUT2D eigenvalue weighted by molar-refractivity contribution is -0.137. The van der Waals surface area contributed by atoms with Crippen molar-refractivity contribution in [1.29, 1.82) is 0 Å². The third kappa shape index (κ3) is 2.99. The molecule has 0 saturated carbocycles. The Labute approximate surface area is 117 Å². The Kier molecular flexibility index (Phi) is 4.08. The van der Waals surface area contributed by atoms with E-state index in [9.17, 15) is 4.79 Å². The zero-order valence-corrected chi connectivity index (χ0v) is 11.9. The predicted molar refractivity (Wildman–Crippen MR) is 75.9 cm³/mol. The number of hydrogen-bond acceptors (Lipinski definition) is 3. The SMILES string of the molecule is COc1c(C)cc(C)cc1-c1cn(CCC(=O)O)cn1. The van der Waals surface area contributed by atoms with Crippen LogP contribution in [-0.4, -0.2) is 27.7 Å². The minimum Gasteiger partial charge on any atom is -0.496 e. The highest BCUT2D eigenvalue weighted by molar-refractivity contribution is 5.70. The molecule has 0 aliphatic carbocycles. The van der Waals surface area contributed by atoms with Gasteiger partial charge in [0.15, 0.2) is 0 Å². The van der Waals surface area contributed by atoms with Crippen LogP contribution in [-0.2, 0) is 11.3 Å². The van der Waals surface area contributed by atoms with Crippen molar-refractivity contribution in [1.82, 2.24) is 9.55 Å². The topological polar surface area (TPSA) is 64.3 Å². The molecule has 0 unspecified atom stereocenters. The highest BCUT2D eigenvalue weighted by atomic mass is 16.5. The Hall–Kier alpha value is -2.30. The van der Waals surface area contributed by atoms with Crippen molar-refractivity contribution in [2.45, 2.75) is 26.8 Å². The van der Waals surface area contributed by atoms with Crippen LogP contribution in [0, 0.1) is 13.8 Å². The van der Waals surface area contributed by atoms with Crippen LogP contribution >= 0.6 is 0 Å². The summed E-state index contributed by atoms with van der Waals surface area (Å²) < 4.78 is 7.23. The molecule has 0 amide bonds. The first-order chi connectivity index (χ1) is 9.51. The first-order valence-corrected chi connectivity index (χ1v) is 6.40. The minimum atomic E-state index is -0.816. The summed E-state index contributed by atoms with van der Waals surface area (Å²) >= 11 is 0. The number of carboxylic acid groups (broad SMARTS) is 1. The zero-order valence-electron chi connectivity index (χ0n) is 11.9. The van der Waals surface area contributed by atoms with Crippen molar-refractivity contribution in [2.75, 3.05) is 7.11 Å². The molecule has 20 heavy (non-hydrogen) atoms. The van der Waals surface area contributed by atoms with E-state index in [2.05, 4.69) is 11.1 Å². The van der Waals surface area contributed by atoms with Crippen molar-refractivity contribution < 1.29 is 14.6 Å². The molecule has 0 saturated heterocycles. The van der Waals surface area contributed by atoms with E-state index in [1.807, 2.05) is 26.1 Å². The molecule has 106 valence electrons. The smallest absolute Gasteiger partial charge is 0.305 e. The maximum atomic E-state index is 10.6. The fourth-order valence-corrected chi connectivity index (χ4v) is 2.26. The van der Waals surface area contributed by atoms with Gasteiger partial charge in [-0.3, -0.25) is 4.79 Å². The van der Waals surface area contributed by atoms with Gasteiger partial charge in [-0.15, -0.1) is 0 Å². The molecule has 2 aromatic rings. The number of carbonyl (C=O) groups is 1. The summed E-state index contributed by atoms with van der Waals surface area (Å²) in [5.41, 5.74) is 3.92. The highest BCUT2D eigenvalue weighted by Crippen LogP contribution is 2.33. The van der Waals surface area contributed by atoms with Gasteiger partial charge in [0.1, 0.15) is 5.75 Å². The molecule has 1 aromatic carbocycles. The van der Waals surface area contributed by atoms with E-state index in [-0.39, 0.29) is 6.42 Å². The lowest BCUT2D eigenvalue weighted by Crippen LogP contribution is -2.02. The Bertz CT molecular complexity index is 632. The Morgan fingerprint density at radius 3 is 2.80 bits per heavy atom. The Morgan fingerprint density at radius 2 is 2.15 bits per heavy atom. The first-order valence-electron chi connectivity index (χ1n) is 6.40. The molecule has 1 heterocycles. The van der Waals surface area contributed by atoms with Gasteiger partial charge in [-0.1, -0.05) is 6.07 Å². The third-order valence-corrected chi connectivity index (χ3v) is 3.12. The van der Waals surface area contributed by atoms with Crippen LogP contribution in [0.5, 0.6) is 5.75 Å². The Morgan fingerprint density at radius 1 is 1.40 bits per heavy atom. The summed E-state index contributed by atoms with van der Waals surface area (Å²) in [5.74, 6) is -0.0108. The van der Waals surface area contributed by atoms with Gasteiger partial charge in [0.05, 0.1) is 25.6 Å². The monoisotopic (exact) mass is 274 g/mol. The molecule has 5 heteroatoms. The van der Waals surface area contributed by atoms with Crippen molar-refractivity contribution >= 4 is 5.97 Å². The van der Waals surface area contributed by atoms with Crippen LogP contribution in [0.4, 0.5) is 0 Å². The van der Waals surface area contributed by atoms with Gasteiger partial charge in [0.25, 0.3) is 0 Å². The quantitative estimate of drug-likeness (QED) is 0.910. The molecule has 0 radical (unpaired) electrons. The van der Waals surface area contributed by atoms with E-state index in [0.717, 1.165) is 28.1 Å². The second-order valence-electron chi connectivity index (χ2n) is 4.80. The van der Waals surface area contributed by atoms with Gasteiger partial charge in [0, 0.05) is 18.3 Å². The molecule has 0 aliphatic heterocycles. The average Bonchev–Trinajstić information content (AvgIpc) is 2.84. The molecule has 0 aliphatic rings. The van der Waals surface area contributed by atoms with E-state index < -0.39 is 5.97 Å². The Balaban J connectivity index is 2.34. The van der Waals surface area contributed by atoms with E-state index in [4.69, 9.17) is 9.84 Å². The van der Waals surface area contributed by atoms with Crippen molar-refractivity contribution in [2.24, 2.45) is 0 Å². The maximum absolute atomic E-state index is 10.6. The van der Waals surface area contributed by atoms with Gasteiger partial charge >= 0.3 is 5.97 Å². The van der Waals surface area contributed by atoms with E-state index in [1.54, 1.807) is 18.0 Å². The van der Waals surface area contributed by atoms with Gasteiger partial charge in [-0.2, -0.15) is 0 Å². The van der Waals surface area contributed by atoms with E-state index in [1.165, 1.54) is 0 Å². The number of imidazole rings is 1. The normalized spacial score (nSPS) is 10.6. The number of carboxylic acids is 1. The van der Waals surface area contributed by atoms with Crippen molar-refractivity contribution in [3.63, 3.8) is 0 Å². The van der Waals surface area contributed by atoms with Gasteiger partial charge in [-0.25, -0.2) is 4.98 Å². The van der Waals surface area contributed by atoms with Gasteiger partial charge in [0.2, 0.25) is 0 Å². The number of benzene rings is 1. The maximum Gasteiger partial charge on any atom is 0.305 e. The summed E-state index contributed by atoms with van der Waals surface area (Å²) in [6, 6.07) is 4.08. The molecule has 0 atom stereocenters. The van der Waals surface area contributed by atoms with Crippen LogP contribution in [0.2, 0.25) is 0 Å². The molecule has 2 rings (SSSR count). The lowest BCUT2D eigenvalue weighted by atomic mass is 10.0. The summed E-state index contributed by atoms with van der Waals surface area (Å²) in [6.07, 6.45) is 3.58. The molecule has 0 fully saturated rings. The van der Waals surface area contributed by atoms with Crippen LogP contribution < -0.4 is 4.74 Å². The number of rotatable bonds is 5. The molecule has 0 spiro atoms.